The third kappa shape index (κ3) is 2.72. The Morgan fingerprint density at radius 3 is 2.95 bits per heavy atom. The molecule has 3 rings (SSSR count). The van der Waals surface area contributed by atoms with Gasteiger partial charge in [-0.25, -0.2) is 4.98 Å². The first-order valence-corrected chi connectivity index (χ1v) is 6.82. The highest BCUT2D eigenvalue weighted by atomic mass is 16.1. The SMILES string of the molecule is Cc1ncc(C(=O)NCC2Cc3ccccc3CN2)[nH]1. The van der Waals surface area contributed by atoms with Crippen LogP contribution in [0.5, 0.6) is 0 Å². The van der Waals surface area contributed by atoms with Crippen LogP contribution in [0.15, 0.2) is 30.5 Å². The van der Waals surface area contributed by atoms with E-state index in [1.165, 1.54) is 11.1 Å². The zero-order valence-corrected chi connectivity index (χ0v) is 11.4. The van der Waals surface area contributed by atoms with Crippen LogP contribution in [-0.4, -0.2) is 28.5 Å². The molecule has 0 radical (unpaired) electrons. The van der Waals surface area contributed by atoms with E-state index in [4.69, 9.17) is 0 Å². The van der Waals surface area contributed by atoms with Gasteiger partial charge in [-0.1, -0.05) is 24.3 Å². The predicted octanol–water partition coefficient (Wildman–Crippen LogP) is 1.16. The zero-order chi connectivity index (χ0) is 13.9. The number of nitrogens with one attached hydrogen (secondary N) is 3. The summed E-state index contributed by atoms with van der Waals surface area (Å²) < 4.78 is 0. The fourth-order valence-corrected chi connectivity index (χ4v) is 2.51. The van der Waals surface area contributed by atoms with Crippen molar-refractivity contribution in [1.82, 2.24) is 20.6 Å². The number of hydrogen-bond acceptors (Lipinski definition) is 3. The number of carbonyl (C=O) groups excluding carboxylic acids is 1. The van der Waals surface area contributed by atoms with E-state index in [0.29, 0.717) is 12.2 Å². The number of aryl methyl sites for hydroxylation is 1. The summed E-state index contributed by atoms with van der Waals surface area (Å²) in [4.78, 5) is 18.9. The molecule has 1 aromatic heterocycles. The number of aromatic amines is 1. The molecule has 2 aromatic rings. The predicted molar refractivity (Wildman–Crippen MR) is 76.4 cm³/mol. The lowest BCUT2D eigenvalue weighted by Crippen LogP contribution is -2.44. The maximum atomic E-state index is 11.9. The number of benzene rings is 1. The van der Waals surface area contributed by atoms with E-state index in [1.807, 2.05) is 6.92 Å². The molecule has 1 unspecified atom stereocenters. The minimum absolute atomic E-state index is 0.105. The van der Waals surface area contributed by atoms with E-state index >= 15 is 0 Å². The minimum atomic E-state index is -0.105. The minimum Gasteiger partial charge on any atom is -0.349 e. The van der Waals surface area contributed by atoms with Crippen molar-refractivity contribution in [2.24, 2.45) is 0 Å². The third-order valence-electron chi connectivity index (χ3n) is 3.62. The maximum absolute atomic E-state index is 11.9. The van der Waals surface area contributed by atoms with Crippen LogP contribution in [0.2, 0.25) is 0 Å². The number of carbonyl (C=O) groups is 1. The van der Waals surface area contributed by atoms with Crippen LogP contribution >= 0.6 is 0 Å². The summed E-state index contributed by atoms with van der Waals surface area (Å²) in [5.41, 5.74) is 3.22. The fraction of sp³-hybridized carbons (Fsp3) is 0.333. The van der Waals surface area contributed by atoms with Gasteiger partial charge in [0.15, 0.2) is 0 Å². The first-order chi connectivity index (χ1) is 9.72. The van der Waals surface area contributed by atoms with Gasteiger partial charge in [0.2, 0.25) is 0 Å². The fourth-order valence-electron chi connectivity index (χ4n) is 2.51. The second-order valence-electron chi connectivity index (χ2n) is 5.14. The number of nitrogens with zero attached hydrogens (tertiary/aromatic N) is 1. The number of H-pyrrole nitrogens is 1. The molecule has 20 heavy (non-hydrogen) atoms. The maximum Gasteiger partial charge on any atom is 0.269 e. The Hall–Kier alpha value is -2.14. The van der Waals surface area contributed by atoms with Gasteiger partial charge in [-0.3, -0.25) is 4.79 Å². The van der Waals surface area contributed by atoms with E-state index in [1.54, 1.807) is 6.20 Å². The Bertz CT molecular complexity index is 620. The Balaban J connectivity index is 1.56. The number of fused-ring (bicyclic) bond motifs is 1. The largest absolute Gasteiger partial charge is 0.349 e. The summed E-state index contributed by atoms with van der Waals surface area (Å²) in [5, 5.41) is 6.39. The Morgan fingerprint density at radius 1 is 1.40 bits per heavy atom. The summed E-state index contributed by atoms with van der Waals surface area (Å²) in [6.45, 7) is 3.31. The molecule has 5 nitrogen and oxygen atoms in total. The summed E-state index contributed by atoms with van der Waals surface area (Å²) in [6.07, 6.45) is 2.51. The third-order valence-corrected chi connectivity index (χ3v) is 3.62. The molecule has 0 saturated heterocycles. The molecule has 0 spiro atoms. The molecule has 1 aliphatic heterocycles. The second kappa shape index (κ2) is 5.46. The Morgan fingerprint density at radius 2 is 2.20 bits per heavy atom. The van der Waals surface area contributed by atoms with Crippen LogP contribution in [0.1, 0.15) is 27.4 Å². The summed E-state index contributed by atoms with van der Waals surface area (Å²) in [5.74, 6) is 0.645. The first-order valence-electron chi connectivity index (χ1n) is 6.82. The highest BCUT2D eigenvalue weighted by Gasteiger charge is 2.18. The zero-order valence-electron chi connectivity index (χ0n) is 11.4. The van der Waals surface area contributed by atoms with Gasteiger partial charge < -0.3 is 15.6 Å². The van der Waals surface area contributed by atoms with Gasteiger partial charge in [-0.15, -0.1) is 0 Å². The van der Waals surface area contributed by atoms with Gasteiger partial charge in [0, 0.05) is 19.1 Å². The number of imidazole rings is 1. The number of aromatic nitrogens is 2. The molecule has 1 aromatic carbocycles. The molecule has 2 heterocycles. The Labute approximate surface area is 117 Å². The number of hydrogen-bond donors (Lipinski definition) is 3. The average molecular weight is 270 g/mol. The van der Waals surface area contributed by atoms with E-state index < -0.39 is 0 Å². The van der Waals surface area contributed by atoms with Crippen molar-refractivity contribution in [2.75, 3.05) is 6.54 Å². The lowest BCUT2D eigenvalue weighted by molar-refractivity contribution is 0.0944. The monoisotopic (exact) mass is 270 g/mol. The van der Waals surface area contributed by atoms with Gasteiger partial charge in [-0.2, -0.15) is 0 Å². The van der Waals surface area contributed by atoms with E-state index in [2.05, 4.69) is 44.9 Å². The van der Waals surface area contributed by atoms with E-state index in [0.717, 1.165) is 18.8 Å². The number of amides is 1. The Kier molecular flexibility index (Phi) is 3.52. The van der Waals surface area contributed by atoms with Crippen LogP contribution in [-0.2, 0) is 13.0 Å². The van der Waals surface area contributed by atoms with Gasteiger partial charge in [0.1, 0.15) is 11.5 Å². The quantitative estimate of drug-likeness (QED) is 0.784. The number of rotatable bonds is 3. The molecule has 104 valence electrons. The summed E-state index contributed by atoms with van der Waals surface area (Å²) >= 11 is 0. The van der Waals surface area contributed by atoms with Crippen molar-refractivity contribution >= 4 is 5.91 Å². The smallest absolute Gasteiger partial charge is 0.269 e. The van der Waals surface area contributed by atoms with Crippen molar-refractivity contribution < 1.29 is 4.79 Å². The van der Waals surface area contributed by atoms with Crippen molar-refractivity contribution in [2.45, 2.75) is 25.9 Å². The van der Waals surface area contributed by atoms with Crippen molar-refractivity contribution in [3.8, 4) is 0 Å². The summed E-state index contributed by atoms with van der Waals surface area (Å²) in [6, 6.07) is 8.70. The van der Waals surface area contributed by atoms with Gasteiger partial charge >= 0.3 is 0 Å². The molecular formula is C15H18N4O. The summed E-state index contributed by atoms with van der Waals surface area (Å²) in [7, 11) is 0. The normalized spacial score (nSPS) is 17.6. The van der Waals surface area contributed by atoms with Gasteiger partial charge in [0.25, 0.3) is 5.91 Å². The van der Waals surface area contributed by atoms with E-state index in [9.17, 15) is 4.79 Å². The highest BCUT2D eigenvalue weighted by molar-refractivity contribution is 5.92. The van der Waals surface area contributed by atoms with Crippen molar-refractivity contribution in [3.05, 3.63) is 53.1 Å². The van der Waals surface area contributed by atoms with Crippen LogP contribution in [0, 0.1) is 6.92 Å². The van der Waals surface area contributed by atoms with Crippen molar-refractivity contribution in [3.63, 3.8) is 0 Å². The molecule has 1 aliphatic rings. The average Bonchev–Trinajstić information content (AvgIpc) is 2.91. The molecule has 3 N–H and O–H groups in total. The molecule has 1 atom stereocenters. The lowest BCUT2D eigenvalue weighted by atomic mass is 9.96. The first kappa shape index (κ1) is 12.9. The molecule has 5 heteroatoms. The van der Waals surface area contributed by atoms with Gasteiger partial charge in [0.05, 0.1) is 6.20 Å². The standard InChI is InChI=1S/C15H18N4O/c1-10-16-9-14(19-10)15(20)18-8-13-6-11-4-2-3-5-12(11)7-17-13/h2-5,9,13,17H,6-8H2,1H3,(H,16,19)(H,18,20). The van der Waals surface area contributed by atoms with Crippen molar-refractivity contribution in [1.29, 1.82) is 0 Å². The van der Waals surface area contributed by atoms with Crippen LogP contribution in [0.4, 0.5) is 0 Å². The van der Waals surface area contributed by atoms with E-state index in [-0.39, 0.29) is 11.9 Å². The molecule has 0 fully saturated rings. The topological polar surface area (TPSA) is 69.8 Å². The molecule has 1 amide bonds. The second-order valence-corrected chi connectivity index (χ2v) is 5.14. The molecule has 0 saturated carbocycles. The molecule has 0 aliphatic carbocycles. The van der Waals surface area contributed by atoms with Gasteiger partial charge in [-0.05, 0) is 24.5 Å². The van der Waals surface area contributed by atoms with Crippen LogP contribution in [0.25, 0.3) is 0 Å². The molecular weight excluding hydrogens is 252 g/mol. The molecule has 0 bridgehead atoms. The lowest BCUT2D eigenvalue weighted by Gasteiger charge is -2.26. The highest BCUT2D eigenvalue weighted by Crippen LogP contribution is 2.15. The van der Waals surface area contributed by atoms with Crippen LogP contribution in [0.3, 0.4) is 0 Å². The van der Waals surface area contributed by atoms with Crippen LogP contribution < -0.4 is 10.6 Å².